The molecule has 1 aliphatic rings. The van der Waals surface area contributed by atoms with Gasteiger partial charge in [0.15, 0.2) is 6.10 Å². The van der Waals surface area contributed by atoms with E-state index in [1.165, 1.54) is 12.5 Å². The van der Waals surface area contributed by atoms with Crippen molar-refractivity contribution in [3.05, 3.63) is 35.4 Å². The molecule has 1 aromatic carbocycles. The number of hydrogen-bond acceptors (Lipinski definition) is 6. The molecule has 2 rings (SSSR count). The van der Waals surface area contributed by atoms with Gasteiger partial charge >= 0.3 is 12.0 Å². The highest BCUT2D eigenvalue weighted by molar-refractivity contribution is 8.19. The molecule has 0 aliphatic carbocycles. The van der Waals surface area contributed by atoms with E-state index in [4.69, 9.17) is 4.74 Å². The fourth-order valence-corrected chi connectivity index (χ4v) is 5.05. The van der Waals surface area contributed by atoms with E-state index in [0.717, 1.165) is 11.5 Å². The fraction of sp³-hybridized carbons (Fsp3) is 0.500. The van der Waals surface area contributed by atoms with Gasteiger partial charge in [-0.05, 0) is 45.4 Å². The number of amides is 3. The number of rotatable bonds is 4. The van der Waals surface area contributed by atoms with Crippen LogP contribution in [-0.2, 0) is 9.53 Å². The van der Waals surface area contributed by atoms with E-state index in [-0.39, 0.29) is 0 Å². The van der Waals surface area contributed by atoms with Crippen molar-refractivity contribution < 1.29 is 19.1 Å². The molecule has 2 N–H and O–H groups in total. The third kappa shape index (κ3) is 6.25. The summed E-state index contributed by atoms with van der Waals surface area (Å²) in [5.74, 6) is 1.00. The van der Waals surface area contributed by atoms with Crippen LogP contribution in [0.5, 0.6) is 0 Å². The average molecular weight is 397 g/mol. The summed E-state index contributed by atoms with van der Waals surface area (Å²) in [7, 11) is 0. The van der Waals surface area contributed by atoms with Crippen LogP contribution in [0.25, 0.3) is 0 Å². The second-order valence-electron chi connectivity index (χ2n) is 6.94. The fourth-order valence-electron chi connectivity index (χ4n) is 2.19. The molecule has 1 fully saturated rings. The molecule has 0 bridgehead atoms. The lowest BCUT2D eigenvalue weighted by molar-refractivity contribution is -0.127. The number of urea groups is 1. The van der Waals surface area contributed by atoms with Gasteiger partial charge in [0, 0.05) is 17.0 Å². The Morgan fingerprint density at radius 1 is 1.12 bits per heavy atom. The van der Waals surface area contributed by atoms with Gasteiger partial charge in [-0.2, -0.15) is 0 Å². The topological polar surface area (TPSA) is 84.5 Å². The van der Waals surface area contributed by atoms with Gasteiger partial charge in [0.2, 0.25) is 0 Å². The Morgan fingerprint density at radius 3 is 2.23 bits per heavy atom. The summed E-state index contributed by atoms with van der Waals surface area (Å²) in [6.07, 6.45) is -1.08. The van der Waals surface area contributed by atoms with Gasteiger partial charge in [-0.3, -0.25) is 10.1 Å². The van der Waals surface area contributed by atoms with Gasteiger partial charge in [-0.1, -0.05) is 12.1 Å². The molecule has 0 radical (unpaired) electrons. The summed E-state index contributed by atoms with van der Waals surface area (Å²) in [5.41, 5.74) is 1.07. The van der Waals surface area contributed by atoms with Crippen molar-refractivity contribution in [2.45, 2.75) is 43.9 Å². The lowest BCUT2D eigenvalue weighted by Gasteiger charge is -2.21. The molecule has 3 amide bonds. The first kappa shape index (κ1) is 20.6. The SMILES string of the molecule is C[C@H](OC(=O)c1ccc(C2SCCS2)cc1)C(=O)NC(=O)NC(C)(C)C. The van der Waals surface area contributed by atoms with Gasteiger partial charge in [0.05, 0.1) is 10.1 Å². The standard InChI is InChI=1S/C18H24N2O4S2/c1-11(14(21)19-17(23)20-18(2,3)4)24-15(22)12-5-7-13(8-6-12)16-25-9-10-26-16/h5-8,11,16H,9-10H2,1-4H3,(H2,19,20,21,23)/t11-/m0/s1. The van der Waals surface area contributed by atoms with E-state index in [1.807, 2.05) is 35.7 Å². The highest BCUT2D eigenvalue weighted by atomic mass is 32.2. The van der Waals surface area contributed by atoms with Gasteiger partial charge in [-0.15, -0.1) is 23.5 Å². The first-order chi connectivity index (χ1) is 12.2. The monoisotopic (exact) mass is 396 g/mol. The summed E-state index contributed by atoms with van der Waals surface area (Å²) in [5, 5.41) is 4.78. The molecule has 0 saturated carbocycles. The van der Waals surface area contributed by atoms with Crippen LogP contribution >= 0.6 is 23.5 Å². The number of ether oxygens (including phenoxy) is 1. The summed E-state index contributed by atoms with van der Waals surface area (Å²) in [6.45, 7) is 6.82. The zero-order chi connectivity index (χ0) is 19.3. The zero-order valence-electron chi connectivity index (χ0n) is 15.3. The zero-order valence-corrected chi connectivity index (χ0v) is 17.0. The maximum atomic E-state index is 12.2. The Morgan fingerprint density at radius 2 is 1.69 bits per heavy atom. The van der Waals surface area contributed by atoms with E-state index < -0.39 is 29.6 Å². The van der Waals surface area contributed by atoms with Crippen molar-refractivity contribution in [1.29, 1.82) is 0 Å². The van der Waals surface area contributed by atoms with Crippen LogP contribution < -0.4 is 10.6 Å². The summed E-state index contributed by atoms with van der Waals surface area (Å²) in [6, 6.07) is 6.60. The third-order valence-electron chi connectivity index (χ3n) is 3.42. The van der Waals surface area contributed by atoms with Crippen LogP contribution in [0, 0.1) is 0 Å². The minimum Gasteiger partial charge on any atom is -0.449 e. The van der Waals surface area contributed by atoms with Gasteiger partial charge < -0.3 is 10.1 Å². The molecular formula is C18H24N2O4S2. The molecule has 1 saturated heterocycles. The number of carbonyl (C=O) groups is 3. The quantitative estimate of drug-likeness (QED) is 0.760. The molecule has 0 unspecified atom stereocenters. The van der Waals surface area contributed by atoms with Crippen molar-refractivity contribution in [2.75, 3.05) is 11.5 Å². The number of carbonyl (C=O) groups excluding carboxylic acids is 3. The minimum absolute atomic E-state index is 0.375. The lowest BCUT2D eigenvalue weighted by atomic mass is 10.1. The Kier molecular flexibility index (Phi) is 7.00. The molecule has 0 spiro atoms. The van der Waals surface area contributed by atoms with E-state index in [1.54, 1.807) is 32.9 Å². The maximum Gasteiger partial charge on any atom is 0.338 e. The van der Waals surface area contributed by atoms with Crippen molar-refractivity contribution in [1.82, 2.24) is 10.6 Å². The first-order valence-electron chi connectivity index (χ1n) is 8.33. The van der Waals surface area contributed by atoms with Gasteiger partial charge in [-0.25, -0.2) is 9.59 Å². The molecule has 1 aliphatic heterocycles. The van der Waals surface area contributed by atoms with E-state index in [9.17, 15) is 14.4 Å². The second kappa shape index (κ2) is 8.81. The molecule has 1 aromatic rings. The van der Waals surface area contributed by atoms with Gasteiger partial charge in [0.25, 0.3) is 5.91 Å². The molecule has 1 heterocycles. The predicted octanol–water partition coefficient (Wildman–Crippen LogP) is 3.33. The van der Waals surface area contributed by atoms with E-state index in [2.05, 4.69) is 10.6 Å². The summed E-state index contributed by atoms with van der Waals surface area (Å²) in [4.78, 5) is 35.9. The predicted molar refractivity (Wildman–Crippen MR) is 105 cm³/mol. The molecule has 142 valence electrons. The highest BCUT2D eigenvalue weighted by Crippen LogP contribution is 2.45. The Bertz CT molecular complexity index is 665. The first-order valence-corrected chi connectivity index (χ1v) is 10.4. The van der Waals surface area contributed by atoms with Crippen molar-refractivity contribution >= 4 is 41.4 Å². The van der Waals surface area contributed by atoms with Crippen molar-refractivity contribution in [3.63, 3.8) is 0 Å². The average Bonchev–Trinajstić information content (AvgIpc) is 3.07. The summed E-state index contributed by atoms with van der Waals surface area (Å²) >= 11 is 3.78. The molecule has 6 nitrogen and oxygen atoms in total. The van der Waals surface area contributed by atoms with Crippen LogP contribution in [0.3, 0.4) is 0 Å². The number of hydrogen-bond donors (Lipinski definition) is 2. The van der Waals surface area contributed by atoms with Crippen LogP contribution in [-0.4, -0.2) is 41.1 Å². The van der Waals surface area contributed by atoms with Crippen LogP contribution in [0.4, 0.5) is 4.79 Å². The maximum absolute atomic E-state index is 12.2. The molecular weight excluding hydrogens is 372 g/mol. The molecule has 8 heteroatoms. The van der Waals surface area contributed by atoms with Crippen molar-refractivity contribution in [2.24, 2.45) is 0 Å². The molecule has 0 aromatic heterocycles. The van der Waals surface area contributed by atoms with E-state index >= 15 is 0 Å². The Labute approximate surface area is 162 Å². The van der Waals surface area contributed by atoms with Crippen LogP contribution in [0.15, 0.2) is 24.3 Å². The van der Waals surface area contributed by atoms with Crippen LogP contribution in [0.1, 0.15) is 48.2 Å². The van der Waals surface area contributed by atoms with E-state index in [0.29, 0.717) is 10.1 Å². The smallest absolute Gasteiger partial charge is 0.338 e. The Balaban J connectivity index is 1.87. The molecule has 26 heavy (non-hydrogen) atoms. The lowest BCUT2D eigenvalue weighted by Crippen LogP contribution is -2.50. The second-order valence-corrected chi connectivity index (χ2v) is 9.66. The number of esters is 1. The largest absolute Gasteiger partial charge is 0.449 e. The van der Waals surface area contributed by atoms with Crippen LogP contribution in [0.2, 0.25) is 0 Å². The number of nitrogens with one attached hydrogen (secondary N) is 2. The number of imide groups is 1. The summed E-state index contributed by atoms with van der Waals surface area (Å²) < 4.78 is 5.56. The Hall–Kier alpha value is -1.67. The third-order valence-corrected chi connectivity index (χ3v) is 6.52. The minimum atomic E-state index is -1.08. The normalized spacial score (nSPS) is 16.0. The highest BCUT2D eigenvalue weighted by Gasteiger charge is 2.23. The molecule has 1 atom stereocenters. The van der Waals surface area contributed by atoms with Gasteiger partial charge in [0.1, 0.15) is 0 Å². The number of benzene rings is 1. The number of thioether (sulfide) groups is 2. The van der Waals surface area contributed by atoms with Crippen molar-refractivity contribution in [3.8, 4) is 0 Å².